The first-order valence-electron chi connectivity index (χ1n) is 6.63. The smallest absolute Gasteiger partial charge is 0.414 e. The Morgan fingerprint density at radius 3 is 1.90 bits per heavy atom. The summed E-state index contributed by atoms with van der Waals surface area (Å²) in [6, 6.07) is 0. The number of rotatable bonds is 3. The van der Waals surface area contributed by atoms with Gasteiger partial charge in [0, 0.05) is 0 Å². The van der Waals surface area contributed by atoms with Gasteiger partial charge in [-0.1, -0.05) is 20.8 Å². The number of imide groups is 1. The van der Waals surface area contributed by atoms with Gasteiger partial charge in [-0.25, -0.2) is 4.79 Å². The fraction of sp³-hybridized carbons (Fsp3) is 0.846. The van der Waals surface area contributed by atoms with E-state index in [0.29, 0.717) is 0 Å². The van der Waals surface area contributed by atoms with Crippen LogP contribution in [0.1, 0.15) is 41.5 Å². The average molecular weight is 304 g/mol. The number of nitrogens with two attached hydrogens (primary N) is 1. The van der Waals surface area contributed by atoms with Gasteiger partial charge in [-0.05, 0) is 38.9 Å². The second kappa shape index (κ2) is 6.24. The summed E-state index contributed by atoms with van der Waals surface area (Å²) in [6.45, 7) is 15.2. The van der Waals surface area contributed by atoms with E-state index < -0.39 is 32.1 Å². The summed E-state index contributed by atoms with van der Waals surface area (Å²) >= 11 is 0. The van der Waals surface area contributed by atoms with E-state index in [9.17, 15) is 9.59 Å². The van der Waals surface area contributed by atoms with Gasteiger partial charge in [-0.15, -0.1) is 0 Å². The van der Waals surface area contributed by atoms with Gasteiger partial charge >= 0.3 is 6.09 Å². The number of nitrogens with one attached hydrogen (secondary N) is 1. The Bertz CT molecular complexity index is 370. The highest BCUT2D eigenvalue weighted by atomic mass is 28.4. The van der Waals surface area contributed by atoms with Crippen LogP contribution >= 0.6 is 0 Å². The van der Waals surface area contributed by atoms with Crippen LogP contribution in [0.25, 0.3) is 0 Å². The maximum atomic E-state index is 11.8. The van der Waals surface area contributed by atoms with Crippen LogP contribution in [0.3, 0.4) is 0 Å². The van der Waals surface area contributed by atoms with Crippen LogP contribution in [0, 0.1) is 0 Å². The molecule has 20 heavy (non-hydrogen) atoms. The summed E-state index contributed by atoms with van der Waals surface area (Å²) in [5.74, 6) is -0.691. The predicted molar refractivity (Wildman–Crippen MR) is 80.6 cm³/mol. The highest BCUT2D eigenvalue weighted by Crippen LogP contribution is 2.36. The van der Waals surface area contributed by atoms with Crippen LogP contribution in [0.15, 0.2) is 0 Å². The minimum Gasteiger partial charge on any atom is -0.444 e. The summed E-state index contributed by atoms with van der Waals surface area (Å²) in [6.07, 6.45) is -2.00. The van der Waals surface area contributed by atoms with Gasteiger partial charge in [0.15, 0.2) is 14.5 Å². The molecule has 7 heteroatoms. The monoisotopic (exact) mass is 304 g/mol. The van der Waals surface area contributed by atoms with Crippen molar-refractivity contribution < 1.29 is 18.8 Å². The lowest BCUT2D eigenvalue weighted by atomic mass is 10.2. The molecule has 1 unspecified atom stereocenters. The highest BCUT2D eigenvalue weighted by molar-refractivity contribution is 6.74. The molecular formula is C13H28N2O4Si. The molecule has 0 spiro atoms. The molecule has 0 aromatic carbocycles. The number of alkyl carbamates (subject to hydrolysis) is 1. The van der Waals surface area contributed by atoms with Crippen molar-refractivity contribution in [3.05, 3.63) is 0 Å². The van der Waals surface area contributed by atoms with Gasteiger partial charge in [0.2, 0.25) is 0 Å². The number of ether oxygens (including phenoxy) is 1. The van der Waals surface area contributed by atoms with Gasteiger partial charge in [-0.3, -0.25) is 15.8 Å². The van der Waals surface area contributed by atoms with E-state index in [1.54, 1.807) is 20.8 Å². The quantitative estimate of drug-likeness (QED) is 0.617. The Morgan fingerprint density at radius 2 is 1.55 bits per heavy atom. The van der Waals surface area contributed by atoms with E-state index in [0.717, 1.165) is 0 Å². The standard InChI is InChI=1S/C13H28N2O4Si/c1-12(2,3)18-11(17)15-10(16)9(14)19-20(7,8)13(4,5)6/h9H,14H2,1-8H3,(H,15,16,17). The van der Waals surface area contributed by atoms with E-state index in [1.165, 1.54) is 0 Å². The molecule has 118 valence electrons. The lowest BCUT2D eigenvalue weighted by molar-refractivity contribution is -0.127. The third-order valence-electron chi connectivity index (χ3n) is 3.11. The summed E-state index contributed by atoms with van der Waals surface area (Å²) in [4.78, 5) is 23.3. The molecule has 0 saturated carbocycles. The molecule has 1 atom stereocenters. The number of carbonyl (C=O) groups excluding carboxylic acids is 2. The molecule has 0 saturated heterocycles. The third-order valence-corrected chi connectivity index (χ3v) is 7.57. The molecule has 0 rings (SSSR count). The summed E-state index contributed by atoms with van der Waals surface area (Å²) < 4.78 is 10.7. The molecule has 2 amide bonds. The molecule has 0 aliphatic heterocycles. The van der Waals surface area contributed by atoms with Crippen LogP contribution in [0.4, 0.5) is 4.79 Å². The zero-order valence-corrected chi connectivity index (χ0v) is 14.8. The predicted octanol–water partition coefficient (Wildman–Crippen LogP) is 2.34. The highest BCUT2D eigenvalue weighted by Gasteiger charge is 2.40. The number of hydrogen-bond donors (Lipinski definition) is 2. The summed E-state index contributed by atoms with van der Waals surface area (Å²) in [5.41, 5.74) is 5.03. The maximum absolute atomic E-state index is 11.8. The number of carbonyl (C=O) groups is 2. The number of hydrogen-bond acceptors (Lipinski definition) is 5. The van der Waals surface area contributed by atoms with E-state index >= 15 is 0 Å². The van der Waals surface area contributed by atoms with Crippen molar-refractivity contribution in [2.75, 3.05) is 0 Å². The van der Waals surface area contributed by atoms with E-state index in [1.807, 2.05) is 33.9 Å². The molecule has 0 bridgehead atoms. The van der Waals surface area contributed by atoms with Crippen molar-refractivity contribution in [2.45, 2.75) is 71.5 Å². The molecule has 0 fully saturated rings. The first-order chi connectivity index (χ1) is 8.66. The Morgan fingerprint density at radius 1 is 1.10 bits per heavy atom. The van der Waals surface area contributed by atoms with Crippen molar-refractivity contribution in [1.29, 1.82) is 0 Å². The molecule has 0 aromatic rings. The number of amides is 2. The van der Waals surface area contributed by atoms with Crippen LogP contribution < -0.4 is 11.1 Å². The normalized spacial score (nSPS) is 14.7. The zero-order valence-electron chi connectivity index (χ0n) is 13.8. The van der Waals surface area contributed by atoms with Gasteiger partial charge in [0.25, 0.3) is 5.91 Å². The molecule has 0 aliphatic carbocycles. The van der Waals surface area contributed by atoms with Crippen molar-refractivity contribution in [2.24, 2.45) is 5.73 Å². The minimum absolute atomic E-state index is 0.0726. The van der Waals surface area contributed by atoms with Gasteiger partial charge in [-0.2, -0.15) is 0 Å². The first-order valence-corrected chi connectivity index (χ1v) is 9.54. The van der Waals surface area contributed by atoms with E-state index in [4.69, 9.17) is 14.9 Å². The second-order valence-electron chi connectivity index (χ2n) is 7.29. The lowest BCUT2D eigenvalue weighted by Crippen LogP contribution is -2.53. The Balaban J connectivity index is 4.55. The van der Waals surface area contributed by atoms with Crippen LogP contribution in [-0.2, 0) is 14.0 Å². The first kappa shape index (κ1) is 19.1. The second-order valence-corrected chi connectivity index (χ2v) is 12.0. The molecule has 6 nitrogen and oxygen atoms in total. The van der Waals surface area contributed by atoms with E-state index in [-0.39, 0.29) is 5.04 Å². The van der Waals surface area contributed by atoms with Crippen molar-refractivity contribution in [3.63, 3.8) is 0 Å². The van der Waals surface area contributed by atoms with Gasteiger partial charge in [0.1, 0.15) is 5.60 Å². The van der Waals surface area contributed by atoms with Crippen LogP contribution in [0.5, 0.6) is 0 Å². The van der Waals surface area contributed by atoms with Gasteiger partial charge < -0.3 is 9.16 Å². The van der Waals surface area contributed by atoms with Crippen molar-refractivity contribution >= 4 is 20.3 Å². The molecule has 3 N–H and O–H groups in total. The fourth-order valence-electron chi connectivity index (χ4n) is 1.02. The Kier molecular flexibility index (Phi) is 5.95. The topological polar surface area (TPSA) is 90.7 Å². The molecule has 0 heterocycles. The maximum Gasteiger partial charge on any atom is 0.414 e. The molecule has 0 radical (unpaired) electrons. The molecule has 0 aliphatic rings. The van der Waals surface area contributed by atoms with Crippen molar-refractivity contribution in [3.8, 4) is 0 Å². The molecule has 0 aromatic heterocycles. The molecular weight excluding hydrogens is 276 g/mol. The van der Waals surface area contributed by atoms with E-state index in [2.05, 4.69) is 5.32 Å². The summed E-state index contributed by atoms with van der Waals surface area (Å²) in [7, 11) is -2.17. The summed E-state index contributed by atoms with van der Waals surface area (Å²) in [5, 5.41) is 2.01. The van der Waals surface area contributed by atoms with Gasteiger partial charge in [0.05, 0.1) is 0 Å². The lowest BCUT2D eigenvalue weighted by Gasteiger charge is -2.37. The third kappa shape index (κ3) is 6.49. The fourth-order valence-corrected chi connectivity index (χ4v) is 2.12. The Labute approximate surface area is 122 Å². The minimum atomic E-state index is -2.17. The Hall–Kier alpha value is -0.923. The van der Waals surface area contributed by atoms with Crippen LogP contribution in [-0.4, -0.2) is 32.1 Å². The van der Waals surface area contributed by atoms with Crippen LogP contribution in [0.2, 0.25) is 18.1 Å². The SMILES string of the molecule is CC(C)(C)OC(=O)NC(=O)C(N)O[Si](C)(C)C(C)(C)C. The average Bonchev–Trinajstić information content (AvgIpc) is 2.11. The van der Waals surface area contributed by atoms with Crippen molar-refractivity contribution in [1.82, 2.24) is 5.32 Å². The largest absolute Gasteiger partial charge is 0.444 e. The zero-order chi connectivity index (χ0) is 16.4.